The Hall–Kier alpha value is -0.130. The summed E-state index contributed by atoms with van der Waals surface area (Å²) in [7, 11) is 1.88. The predicted octanol–water partition coefficient (Wildman–Crippen LogP) is 2.19. The van der Waals surface area contributed by atoms with Crippen molar-refractivity contribution < 1.29 is 0 Å². The maximum absolute atomic E-state index is 5.44. The van der Waals surface area contributed by atoms with E-state index >= 15 is 0 Å². The number of hydrogen-bond donors (Lipinski definition) is 1. The van der Waals surface area contributed by atoms with Crippen molar-refractivity contribution in [3.8, 4) is 0 Å². The Morgan fingerprint density at radius 2 is 2.50 bits per heavy atom. The number of nitrogens with zero attached hydrogens (tertiary/aromatic N) is 1. The van der Waals surface area contributed by atoms with Gasteiger partial charge in [0.1, 0.15) is 0 Å². The van der Waals surface area contributed by atoms with Gasteiger partial charge in [0.05, 0.1) is 3.79 Å². The zero-order chi connectivity index (χ0) is 9.14. The van der Waals surface area contributed by atoms with E-state index in [4.69, 9.17) is 18.0 Å². The second kappa shape index (κ2) is 4.20. The van der Waals surface area contributed by atoms with Gasteiger partial charge < -0.3 is 10.6 Å². The SMILES string of the molecule is CN(Cc1csc(Br)c1)C(N)=S. The Morgan fingerprint density at radius 1 is 1.83 bits per heavy atom. The van der Waals surface area contributed by atoms with E-state index in [0.717, 1.165) is 10.3 Å². The topological polar surface area (TPSA) is 29.3 Å². The first-order valence-electron chi connectivity index (χ1n) is 3.33. The second-order valence-corrected chi connectivity index (χ2v) is 5.16. The molecule has 0 fully saturated rings. The Morgan fingerprint density at radius 3 is 2.92 bits per heavy atom. The van der Waals surface area contributed by atoms with Gasteiger partial charge in [0.15, 0.2) is 5.11 Å². The molecule has 0 radical (unpaired) electrons. The first-order chi connectivity index (χ1) is 5.59. The summed E-state index contributed by atoms with van der Waals surface area (Å²) in [6.45, 7) is 0.775. The smallest absolute Gasteiger partial charge is 0.166 e. The van der Waals surface area contributed by atoms with Crippen LogP contribution in [0, 0.1) is 0 Å². The van der Waals surface area contributed by atoms with E-state index < -0.39 is 0 Å². The van der Waals surface area contributed by atoms with Crippen LogP contribution in [-0.4, -0.2) is 17.1 Å². The number of thiophene rings is 1. The van der Waals surface area contributed by atoms with Gasteiger partial charge in [-0.25, -0.2) is 0 Å². The molecule has 0 aliphatic rings. The summed E-state index contributed by atoms with van der Waals surface area (Å²) in [6, 6.07) is 2.07. The van der Waals surface area contributed by atoms with E-state index in [2.05, 4.69) is 27.4 Å². The summed E-state index contributed by atoms with van der Waals surface area (Å²) in [5.41, 5.74) is 6.66. The Bertz CT molecular complexity index is 285. The summed E-state index contributed by atoms with van der Waals surface area (Å²) >= 11 is 9.88. The molecule has 2 nitrogen and oxygen atoms in total. The summed E-state index contributed by atoms with van der Waals surface area (Å²) < 4.78 is 1.13. The zero-order valence-electron chi connectivity index (χ0n) is 6.58. The highest BCUT2D eigenvalue weighted by Crippen LogP contribution is 2.21. The Balaban J connectivity index is 2.58. The summed E-state index contributed by atoms with van der Waals surface area (Å²) in [5.74, 6) is 0. The van der Waals surface area contributed by atoms with Gasteiger partial charge in [-0.2, -0.15) is 0 Å². The maximum Gasteiger partial charge on any atom is 0.166 e. The molecule has 0 unspecified atom stereocenters. The summed E-state index contributed by atoms with van der Waals surface area (Å²) in [5, 5.41) is 2.51. The van der Waals surface area contributed by atoms with Crippen LogP contribution in [0.4, 0.5) is 0 Å². The van der Waals surface area contributed by atoms with Gasteiger partial charge in [-0.1, -0.05) is 0 Å². The van der Waals surface area contributed by atoms with E-state index in [9.17, 15) is 0 Å². The third-order valence-electron chi connectivity index (χ3n) is 1.42. The van der Waals surface area contributed by atoms with Crippen LogP contribution in [0.25, 0.3) is 0 Å². The first kappa shape index (κ1) is 9.95. The molecule has 0 saturated carbocycles. The van der Waals surface area contributed by atoms with E-state index in [-0.39, 0.29) is 0 Å². The van der Waals surface area contributed by atoms with Crippen LogP contribution in [-0.2, 0) is 6.54 Å². The first-order valence-corrected chi connectivity index (χ1v) is 5.41. The van der Waals surface area contributed by atoms with Crippen molar-refractivity contribution in [2.45, 2.75) is 6.54 Å². The van der Waals surface area contributed by atoms with E-state index in [1.54, 1.807) is 11.3 Å². The molecule has 0 amide bonds. The fraction of sp³-hybridized carbons (Fsp3) is 0.286. The molecule has 0 atom stereocenters. The van der Waals surface area contributed by atoms with Gasteiger partial charge in [0, 0.05) is 13.6 Å². The molecule has 12 heavy (non-hydrogen) atoms. The molecule has 5 heteroatoms. The second-order valence-electron chi connectivity index (χ2n) is 2.45. The minimum Gasteiger partial charge on any atom is -0.376 e. The molecule has 1 aromatic heterocycles. The maximum atomic E-state index is 5.44. The number of halogens is 1. The normalized spacial score (nSPS) is 9.83. The summed E-state index contributed by atoms with van der Waals surface area (Å²) in [4.78, 5) is 1.84. The Labute approximate surface area is 89.5 Å². The highest BCUT2D eigenvalue weighted by molar-refractivity contribution is 9.11. The molecule has 1 rings (SSSR count). The van der Waals surface area contributed by atoms with Gasteiger partial charge in [0.25, 0.3) is 0 Å². The molecule has 0 aliphatic carbocycles. The molecule has 2 N–H and O–H groups in total. The fourth-order valence-electron chi connectivity index (χ4n) is 0.780. The highest BCUT2D eigenvalue weighted by Gasteiger charge is 2.02. The minimum atomic E-state index is 0.428. The molecule has 1 aromatic rings. The predicted molar refractivity (Wildman–Crippen MR) is 60.3 cm³/mol. The van der Waals surface area contributed by atoms with Crippen LogP contribution in [0.1, 0.15) is 5.56 Å². The molecule has 0 bridgehead atoms. The highest BCUT2D eigenvalue weighted by atomic mass is 79.9. The van der Waals surface area contributed by atoms with Crippen molar-refractivity contribution in [2.24, 2.45) is 5.73 Å². The zero-order valence-corrected chi connectivity index (χ0v) is 9.80. The average Bonchev–Trinajstić information content (AvgIpc) is 2.35. The van der Waals surface area contributed by atoms with Gasteiger partial charge in [-0.05, 0) is 45.2 Å². The lowest BCUT2D eigenvalue weighted by molar-refractivity contribution is 0.505. The number of hydrogen-bond acceptors (Lipinski definition) is 2. The van der Waals surface area contributed by atoms with Crippen LogP contribution in [0.15, 0.2) is 15.2 Å². The third kappa shape index (κ3) is 2.73. The van der Waals surface area contributed by atoms with Gasteiger partial charge in [0.2, 0.25) is 0 Å². The Kier molecular flexibility index (Phi) is 3.49. The van der Waals surface area contributed by atoms with E-state index in [1.807, 2.05) is 11.9 Å². The molecular formula is C7H9BrN2S2. The van der Waals surface area contributed by atoms with Gasteiger partial charge in [-0.15, -0.1) is 11.3 Å². The lowest BCUT2D eigenvalue weighted by Crippen LogP contribution is -2.30. The van der Waals surface area contributed by atoms with Crippen molar-refractivity contribution in [1.29, 1.82) is 0 Å². The van der Waals surface area contributed by atoms with Gasteiger partial charge in [-0.3, -0.25) is 0 Å². The van der Waals surface area contributed by atoms with Crippen molar-refractivity contribution in [1.82, 2.24) is 4.90 Å². The minimum absolute atomic E-state index is 0.428. The lowest BCUT2D eigenvalue weighted by Gasteiger charge is -2.15. The van der Waals surface area contributed by atoms with E-state index in [1.165, 1.54) is 5.56 Å². The number of thiocarbonyl (C=S) groups is 1. The monoisotopic (exact) mass is 264 g/mol. The van der Waals surface area contributed by atoms with Crippen LogP contribution in [0.3, 0.4) is 0 Å². The number of nitrogens with two attached hydrogens (primary N) is 1. The standard InChI is InChI=1S/C7H9BrN2S2/c1-10(7(9)11)3-5-2-6(8)12-4-5/h2,4H,3H2,1H3,(H2,9,11). The van der Waals surface area contributed by atoms with Crippen molar-refractivity contribution in [3.05, 3.63) is 20.8 Å². The number of rotatable bonds is 2. The fourth-order valence-corrected chi connectivity index (χ4v) is 2.05. The average molecular weight is 265 g/mol. The third-order valence-corrected chi connectivity index (χ3v) is 3.28. The molecule has 0 aromatic carbocycles. The molecule has 66 valence electrons. The van der Waals surface area contributed by atoms with Crippen LogP contribution >= 0.6 is 39.5 Å². The summed E-state index contributed by atoms with van der Waals surface area (Å²) in [6.07, 6.45) is 0. The van der Waals surface area contributed by atoms with Crippen LogP contribution in [0.5, 0.6) is 0 Å². The largest absolute Gasteiger partial charge is 0.376 e. The van der Waals surface area contributed by atoms with Crippen LogP contribution < -0.4 is 5.73 Å². The quantitative estimate of drug-likeness (QED) is 0.831. The molecule has 0 saturated heterocycles. The van der Waals surface area contributed by atoms with Crippen molar-refractivity contribution in [3.63, 3.8) is 0 Å². The lowest BCUT2D eigenvalue weighted by atomic mass is 10.3. The van der Waals surface area contributed by atoms with Crippen molar-refractivity contribution in [2.75, 3.05) is 7.05 Å². The van der Waals surface area contributed by atoms with Crippen molar-refractivity contribution >= 4 is 44.6 Å². The van der Waals surface area contributed by atoms with Crippen LogP contribution in [0.2, 0.25) is 0 Å². The van der Waals surface area contributed by atoms with Gasteiger partial charge >= 0.3 is 0 Å². The molecule has 1 heterocycles. The van der Waals surface area contributed by atoms with E-state index in [0.29, 0.717) is 5.11 Å². The molecular weight excluding hydrogens is 256 g/mol. The molecule has 0 spiro atoms. The molecule has 0 aliphatic heterocycles.